The Hall–Kier alpha value is -0.740. The van der Waals surface area contributed by atoms with Gasteiger partial charge in [-0.2, -0.15) is 0 Å². The van der Waals surface area contributed by atoms with E-state index >= 15 is 0 Å². The van der Waals surface area contributed by atoms with Crippen LogP contribution in [0.1, 0.15) is 11.5 Å². The number of methoxy groups -OCH3 is 1. The zero-order valence-corrected chi connectivity index (χ0v) is 10.5. The summed E-state index contributed by atoms with van der Waals surface area (Å²) in [7, 11) is -1.38. The van der Waals surface area contributed by atoms with Crippen LogP contribution in [-0.2, 0) is 9.84 Å². The molecule has 5 heteroatoms. The van der Waals surface area contributed by atoms with Gasteiger partial charge < -0.3 is 4.74 Å². The van der Waals surface area contributed by atoms with Crippen molar-refractivity contribution in [3.63, 3.8) is 0 Å². The van der Waals surface area contributed by atoms with Crippen LogP contribution in [0.4, 0.5) is 0 Å². The first kappa shape index (κ1) is 11.7. The van der Waals surface area contributed by atoms with Crippen molar-refractivity contribution in [2.45, 2.75) is 11.3 Å². The molecule has 2 rings (SSSR count). The number of rotatable bonds is 2. The Balaban J connectivity index is 2.24. The maximum atomic E-state index is 11.4. The molecule has 0 radical (unpaired) electrons. The second kappa shape index (κ2) is 4.26. The highest BCUT2D eigenvalue weighted by Crippen LogP contribution is 2.33. The molecule has 1 fully saturated rings. The van der Waals surface area contributed by atoms with Crippen LogP contribution in [0, 0.1) is 0 Å². The van der Waals surface area contributed by atoms with Crippen LogP contribution in [0.15, 0.2) is 24.3 Å². The van der Waals surface area contributed by atoms with Crippen LogP contribution in [0.5, 0.6) is 5.75 Å². The minimum atomic E-state index is -2.97. The quantitative estimate of drug-likeness (QED) is 0.762. The Morgan fingerprint density at radius 2 is 1.88 bits per heavy atom. The average Bonchev–Trinajstić information content (AvgIpc) is 2.52. The Morgan fingerprint density at radius 1 is 1.25 bits per heavy atom. The molecule has 0 aromatic heterocycles. The monoisotopic (exact) mass is 260 g/mol. The highest BCUT2D eigenvalue weighted by Gasteiger charge is 2.37. The van der Waals surface area contributed by atoms with Crippen LogP contribution in [-0.4, -0.2) is 32.4 Å². The van der Waals surface area contributed by atoms with E-state index in [0.717, 1.165) is 11.3 Å². The maximum absolute atomic E-state index is 11.4. The molecule has 0 N–H and O–H groups in total. The number of hydrogen-bond acceptors (Lipinski definition) is 3. The lowest BCUT2D eigenvalue weighted by molar-refractivity contribution is 0.414. The lowest BCUT2D eigenvalue weighted by atomic mass is 9.98. The molecule has 0 unspecified atom stereocenters. The van der Waals surface area contributed by atoms with Gasteiger partial charge in [-0.25, -0.2) is 8.42 Å². The number of halogens is 1. The fourth-order valence-electron chi connectivity index (χ4n) is 1.96. The first-order valence-corrected chi connectivity index (χ1v) is 7.26. The highest BCUT2D eigenvalue weighted by molar-refractivity contribution is 7.91. The van der Waals surface area contributed by atoms with Crippen molar-refractivity contribution in [1.29, 1.82) is 0 Å². The maximum Gasteiger partial charge on any atom is 0.152 e. The van der Waals surface area contributed by atoms with E-state index in [9.17, 15) is 8.42 Å². The van der Waals surface area contributed by atoms with Gasteiger partial charge >= 0.3 is 0 Å². The smallest absolute Gasteiger partial charge is 0.152 e. The fourth-order valence-corrected chi connectivity index (χ4v) is 4.70. The second-order valence-electron chi connectivity index (χ2n) is 3.97. The van der Waals surface area contributed by atoms with Crippen molar-refractivity contribution in [1.82, 2.24) is 0 Å². The summed E-state index contributed by atoms with van der Waals surface area (Å²) < 4.78 is 27.9. The van der Waals surface area contributed by atoms with Crippen LogP contribution >= 0.6 is 11.6 Å². The van der Waals surface area contributed by atoms with Gasteiger partial charge in [0.05, 0.1) is 24.0 Å². The molecule has 1 saturated heterocycles. The lowest BCUT2D eigenvalue weighted by Crippen LogP contribution is -2.09. The summed E-state index contributed by atoms with van der Waals surface area (Å²) in [6.07, 6.45) is 0. The van der Waals surface area contributed by atoms with E-state index in [0.29, 0.717) is 0 Å². The third-order valence-electron chi connectivity index (χ3n) is 2.83. The molecule has 0 bridgehead atoms. The number of alkyl halides is 1. The molecule has 0 amide bonds. The average molecular weight is 261 g/mol. The van der Waals surface area contributed by atoms with E-state index in [2.05, 4.69) is 0 Å². The molecular weight excluding hydrogens is 248 g/mol. The van der Waals surface area contributed by atoms with Crippen molar-refractivity contribution in [2.75, 3.05) is 18.6 Å². The second-order valence-corrected chi connectivity index (χ2v) is 6.69. The summed E-state index contributed by atoms with van der Waals surface area (Å²) in [6, 6.07) is 7.40. The van der Waals surface area contributed by atoms with E-state index < -0.39 is 9.84 Å². The minimum Gasteiger partial charge on any atom is -0.497 e. The van der Waals surface area contributed by atoms with Gasteiger partial charge in [0.2, 0.25) is 0 Å². The van der Waals surface area contributed by atoms with E-state index in [4.69, 9.17) is 16.3 Å². The molecule has 0 saturated carbocycles. The predicted octanol–water partition coefficient (Wildman–Crippen LogP) is 1.81. The summed E-state index contributed by atoms with van der Waals surface area (Å²) in [5.41, 5.74) is 0.960. The minimum absolute atomic E-state index is 0.0747. The topological polar surface area (TPSA) is 43.4 Å². The molecule has 1 aromatic rings. The van der Waals surface area contributed by atoms with Crippen LogP contribution in [0.3, 0.4) is 0 Å². The summed E-state index contributed by atoms with van der Waals surface area (Å²) in [5, 5.41) is -0.321. The molecule has 1 aliphatic heterocycles. The Labute approximate surface area is 100 Å². The third-order valence-corrected chi connectivity index (χ3v) is 5.20. The van der Waals surface area contributed by atoms with E-state index in [1.54, 1.807) is 7.11 Å². The summed E-state index contributed by atoms with van der Waals surface area (Å²) in [6.45, 7) is 0. The molecule has 1 heterocycles. The molecule has 16 heavy (non-hydrogen) atoms. The third kappa shape index (κ3) is 2.33. The lowest BCUT2D eigenvalue weighted by Gasteiger charge is -2.12. The SMILES string of the molecule is COc1ccc([C@@H]2CS(=O)(=O)C[C@@H]2Cl)cc1. The number of sulfone groups is 1. The Bertz CT molecular complexity index is 467. The zero-order chi connectivity index (χ0) is 11.8. The zero-order valence-electron chi connectivity index (χ0n) is 8.89. The number of benzene rings is 1. The summed E-state index contributed by atoms with van der Waals surface area (Å²) in [4.78, 5) is 0. The molecule has 1 aromatic carbocycles. The number of ether oxygens (including phenoxy) is 1. The van der Waals surface area contributed by atoms with Crippen molar-refractivity contribution in [3.05, 3.63) is 29.8 Å². The van der Waals surface area contributed by atoms with Gasteiger partial charge in [0.15, 0.2) is 9.84 Å². The normalized spacial score (nSPS) is 27.9. The molecule has 88 valence electrons. The van der Waals surface area contributed by atoms with Crippen molar-refractivity contribution in [2.24, 2.45) is 0 Å². The molecule has 2 atom stereocenters. The molecular formula is C11H13ClO3S. The Kier molecular flexibility index (Phi) is 3.13. The summed E-state index contributed by atoms with van der Waals surface area (Å²) in [5.74, 6) is 0.881. The van der Waals surface area contributed by atoms with Gasteiger partial charge in [-0.3, -0.25) is 0 Å². The van der Waals surface area contributed by atoms with Gasteiger partial charge in [-0.15, -0.1) is 11.6 Å². The Morgan fingerprint density at radius 3 is 2.31 bits per heavy atom. The number of hydrogen-bond donors (Lipinski definition) is 0. The van der Waals surface area contributed by atoms with Gasteiger partial charge in [0, 0.05) is 5.92 Å². The van der Waals surface area contributed by atoms with Gasteiger partial charge in [0.1, 0.15) is 5.75 Å². The van der Waals surface area contributed by atoms with Crippen LogP contribution in [0.25, 0.3) is 0 Å². The van der Waals surface area contributed by atoms with Gasteiger partial charge in [-0.05, 0) is 17.7 Å². The van der Waals surface area contributed by atoms with Crippen molar-refractivity contribution >= 4 is 21.4 Å². The van der Waals surface area contributed by atoms with E-state index in [1.165, 1.54) is 0 Å². The summed E-state index contributed by atoms with van der Waals surface area (Å²) >= 11 is 6.06. The molecule has 1 aliphatic rings. The fraction of sp³-hybridized carbons (Fsp3) is 0.455. The van der Waals surface area contributed by atoms with Crippen molar-refractivity contribution < 1.29 is 13.2 Å². The van der Waals surface area contributed by atoms with E-state index in [1.807, 2.05) is 24.3 Å². The van der Waals surface area contributed by atoms with Crippen molar-refractivity contribution in [3.8, 4) is 5.75 Å². The van der Waals surface area contributed by atoms with Gasteiger partial charge in [-0.1, -0.05) is 12.1 Å². The van der Waals surface area contributed by atoms with Gasteiger partial charge in [0.25, 0.3) is 0 Å². The van der Waals surface area contributed by atoms with E-state index in [-0.39, 0.29) is 22.8 Å². The largest absolute Gasteiger partial charge is 0.497 e. The molecule has 3 nitrogen and oxygen atoms in total. The first-order valence-electron chi connectivity index (χ1n) is 5.00. The predicted molar refractivity (Wildman–Crippen MR) is 64.0 cm³/mol. The van der Waals surface area contributed by atoms with Crippen LogP contribution < -0.4 is 4.74 Å². The molecule has 0 aliphatic carbocycles. The standard InChI is InChI=1S/C11H13ClO3S/c1-15-9-4-2-8(3-5-9)10-6-16(13,14)7-11(10)12/h2-5,10-11H,6-7H2,1H3/t10-,11-/m0/s1. The first-order chi connectivity index (χ1) is 7.52. The molecule has 0 spiro atoms. The van der Waals surface area contributed by atoms with Crippen LogP contribution in [0.2, 0.25) is 0 Å². The highest BCUT2D eigenvalue weighted by atomic mass is 35.5.